The Morgan fingerprint density at radius 3 is 2.45 bits per heavy atom. The fourth-order valence-electron chi connectivity index (χ4n) is 1.10. The van der Waals surface area contributed by atoms with Gasteiger partial charge in [0.1, 0.15) is 0 Å². The van der Waals surface area contributed by atoms with Gasteiger partial charge in [0.25, 0.3) is 0 Å². The molecule has 2 amide bonds. The Labute approximate surface area is 66.2 Å². The van der Waals surface area contributed by atoms with Crippen molar-refractivity contribution in [2.45, 2.75) is 27.2 Å². The van der Waals surface area contributed by atoms with Gasteiger partial charge in [-0.15, -0.1) is 0 Å². The molecule has 3 heteroatoms. The Balaban J connectivity index is 2.84. The number of hydrogen-bond donors (Lipinski definition) is 1. The molecule has 1 saturated heterocycles. The molecule has 0 saturated carbocycles. The maximum atomic E-state index is 11.2. The smallest absolute Gasteiger partial charge is 0.232 e. The van der Waals surface area contributed by atoms with Gasteiger partial charge in [-0.2, -0.15) is 0 Å². The first-order chi connectivity index (χ1) is 4.94. The van der Waals surface area contributed by atoms with Crippen LogP contribution >= 0.6 is 0 Å². The van der Waals surface area contributed by atoms with Gasteiger partial charge in [0, 0.05) is 11.8 Å². The van der Waals surface area contributed by atoms with Gasteiger partial charge >= 0.3 is 0 Å². The van der Waals surface area contributed by atoms with Crippen molar-refractivity contribution in [2.75, 3.05) is 0 Å². The van der Waals surface area contributed by atoms with Crippen molar-refractivity contribution in [3.63, 3.8) is 0 Å². The molecular weight excluding hydrogens is 142 g/mol. The van der Waals surface area contributed by atoms with Crippen LogP contribution in [0.25, 0.3) is 0 Å². The zero-order valence-electron chi connectivity index (χ0n) is 7.10. The summed E-state index contributed by atoms with van der Waals surface area (Å²) in [5.74, 6) is -0.160. The molecular formula is C8H13NO2. The molecule has 0 aromatic heterocycles. The lowest BCUT2D eigenvalue weighted by atomic mass is 9.75. The van der Waals surface area contributed by atoms with Crippen LogP contribution < -0.4 is 5.32 Å². The number of piperidine rings is 1. The summed E-state index contributed by atoms with van der Waals surface area (Å²) in [5.41, 5.74) is -0.395. The van der Waals surface area contributed by atoms with E-state index in [4.69, 9.17) is 0 Å². The predicted octanol–water partition coefficient (Wildman–Crippen LogP) is 0.695. The summed E-state index contributed by atoms with van der Waals surface area (Å²) in [6, 6.07) is 0. The summed E-state index contributed by atoms with van der Waals surface area (Å²) in [6.45, 7) is 5.65. The number of hydrogen-bond acceptors (Lipinski definition) is 2. The van der Waals surface area contributed by atoms with Crippen molar-refractivity contribution < 1.29 is 9.59 Å². The zero-order valence-corrected chi connectivity index (χ0v) is 7.10. The van der Waals surface area contributed by atoms with Crippen LogP contribution in [0, 0.1) is 11.3 Å². The quantitative estimate of drug-likeness (QED) is 0.523. The van der Waals surface area contributed by atoms with E-state index in [9.17, 15) is 9.59 Å². The summed E-state index contributed by atoms with van der Waals surface area (Å²) in [7, 11) is 0. The molecule has 1 aliphatic rings. The highest BCUT2D eigenvalue weighted by Crippen LogP contribution is 2.31. The lowest BCUT2D eigenvalue weighted by molar-refractivity contribution is -0.143. The summed E-state index contributed by atoms with van der Waals surface area (Å²) < 4.78 is 0. The fraction of sp³-hybridized carbons (Fsp3) is 0.750. The molecule has 0 radical (unpaired) electrons. The van der Waals surface area contributed by atoms with Crippen LogP contribution in [0.3, 0.4) is 0 Å². The van der Waals surface area contributed by atoms with Crippen molar-refractivity contribution in [3.05, 3.63) is 0 Å². The third-order valence-corrected chi connectivity index (χ3v) is 2.56. The van der Waals surface area contributed by atoms with E-state index in [-0.39, 0.29) is 17.7 Å². The van der Waals surface area contributed by atoms with Crippen molar-refractivity contribution in [2.24, 2.45) is 11.3 Å². The SMILES string of the molecule is CC1CC(=O)NC(=O)C1(C)C. The van der Waals surface area contributed by atoms with Crippen LogP contribution in [-0.4, -0.2) is 11.8 Å². The topological polar surface area (TPSA) is 46.2 Å². The number of carbonyl (C=O) groups is 2. The molecule has 1 atom stereocenters. The molecule has 0 bridgehead atoms. The van der Waals surface area contributed by atoms with Crippen molar-refractivity contribution in [3.8, 4) is 0 Å². The van der Waals surface area contributed by atoms with Gasteiger partial charge in [-0.3, -0.25) is 14.9 Å². The normalized spacial score (nSPS) is 29.9. The third kappa shape index (κ3) is 1.27. The van der Waals surface area contributed by atoms with E-state index in [0.29, 0.717) is 6.42 Å². The monoisotopic (exact) mass is 155 g/mol. The Kier molecular flexibility index (Phi) is 1.74. The minimum Gasteiger partial charge on any atom is -0.296 e. The Morgan fingerprint density at radius 1 is 1.45 bits per heavy atom. The van der Waals surface area contributed by atoms with Gasteiger partial charge in [-0.05, 0) is 5.92 Å². The van der Waals surface area contributed by atoms with Crippen LogP contribution in [0.4, 0.5) is 0 Å². The third-order valence-electron chi connectivity index (χ3n) is 2.56. The summed E-state index contributed by atoms with van der Waals surface area (Å²) in [4.78, 5) is 22.0. The first-order valence-corrected chi connectivity index (χ1v) is 3.79. The van der Waals surface area contributed by atoms with E-state index >= 15 is 0 Å². The highest BCUT2D eigenvalue weighted by Gasteiger charge is 2.39. The van der Waals surface area contributed by atoms with Crippen LogP contribution in [0.1, 0.15) is 27.2 Å². The van der Waals surface area contributed by atoms with Crippen molar-refractivity contribution in [1.82, 2.24) is 5.32 Å². The van der Waals surface area contributed by atoms with Crippen LogP contribution in [0.5, 0.6) is 0 Å². The summed E-state index contributed by atoms with van der Waals surface area (Å²) >= 11 is 0. The molecule has 3 nitrogen and oxygen atoms in total. The Hall–Kier alpha value is -0.860. The standard InChI is InChI=1S/C8H13NO2/c1-5-4-6(10)9-7(11)8(5,2)3/h5H,4H2,1-3H3,(H,9,10,11). The summed E-state index contributed by atoms with van der Waals surface area (Å²) in [5, 5.41) is 2.32. The zero-order chi connectivity index (χ0) is 8.65. The van der Waals surface area contributed by atoms with E-state index in [1.54, 1.807) is 0 Å². The fourth-order valence-corrected chi connectivity index (χ4v) is 1.10. The van der Waals surface area contributed by atoms with E-state index in [1.165, 1.54) is 0 Å². The minimum absolute atomic E-state index is 0.142. The van der Waals surface area contributed by atoms with Gasteiger partial charge in [-0.1, -0.05) is 20.8 Å². The van der Waals surface area contributed by atoms with Crippen molar-refractivity contribution in [1.29, 1.82) is 0 Å². The molecule has 1 heterocycles. The second-order valence-electron chi connectivity index (χ2n) is 3.70. The first-order valence-electron chi connectivity index (χ1n) is 3.79. The van der Waals surface area contributed by atoms with Gasteiger partial charge in [0.05, 0.1) is 0 Å². The molecule has 0 aromatic rings. The number of imide groups is 1. The van der Waals surface area contributed by atoms with Crippen molar-refractivity contribution >= 4 is 11.8 Å². The average Bonchev–Trinajstić information content (AvgIpc) is 1.84. The second-order valence-corrected chi connectivity index (χ2v) is 3.70. The second kappa shape index (κ2) is 2.32. The van der Waals surface area contributed by atoms with Crippen LogP contribution in [0.15, 0.2) is 0 Å². The average molecular weight is 155 g/mol. The van der Waals surface area contributed by atoms with E-state index in [0.717, 1.165) is 0 Å². The molecule has 1 unspecified atom stereocenters. The van der Waals surface area contributed by atoms with Crippen LogP contribution in [0.2, 0.25) is 0 Å². The number of carbonyl (C=O) groups excluding carboxylic acids is 2. The molecule has 1 aliphatic heterocycles. The van der Waals surface area contributed by atoms with Gasteiger partial charge in [0.2, 0.25) is 11.8 Å². The molecule has 62 valence electrons. The number of rotatable bonds is 0. The van der Waals surface area contributed by atoms with E-state index in [1.807, 2.05) is 20.8 Å². The molecule has 1 N–H and O–H groups in total. The van der Waals surface area contributed by atoms with Gasteiger partial charge in [0.15, 0.2) is 0 Å². The van der Waals surface area contributed by atoms with Gasteiger partial charge in [-0.25, -0.2) is 0 Å². The molecule has 0 aromatic carbocycles. The lowest BCUT2D eigenvalue weighted by Crippen LogP contribution is -2.50. The first kappa shape index (κ1) is 8.24. The lowest BCUT2D eigenvalue weighted by Gasteiger charge is -2.33. The van der Waals surface area contributed by atoms with E-state index < -0.39 is 5.41 Å². The summed E-state index contributed by atoms with van der Waals surface area (Å²) in [6.07, 6.45) is 0.457. The highest BCUT2D eigenvalue weighted by atomic mass is 16.2. The Morgan fingerprint density at radius 2 is 2.00 bits per heavy atom. The molecule has 0 aliphatic carbocycles. The minimum atomic E-state index is -0.395. The maximum Gasteiger partial charge on any atom is 0.232 e. The molecule has 0 spiro atoms. The number of nitrogens with one attached hydrogen (secondary N) is 1. The van der Waals surface area contributed by atoms with Crippen LogP contribution in [-0.2, 0) is 9.59 Å². The largest absolute Gasteiger partial charge is 0.296 e. The Bertz CT molecular complexity index is 208. The highest BCUT2D eigenvalue weighted by molar-refractivity contribution is 6.00. The maximum absolute atomic E-state index is 11.2. The molecule has 11 heavy (non-hydrogen) atoms. The van der Waals surface area contributed by atoms with Gasteiger partial charge < -0.3 is 0 Å². The predicted molar refractivity (Wildman–Crippen MR) is 40.7 cm³/mol. The number of amides is 2. The molecule has 1 rings (SSSR count). The van der Waals surface area contributed by atoms with E-state index in [2.05, 4.69) is 5.32 Å². The molecule has 1 fully saturated rings.